The molecule has 1 aromatic carbocycles. The smallest absolute Gasteiger partial charge is 0.326 e. The molecule has 9 heteroatoms. The lowest BCUT2D eigenvalue weighted by atomic mass is 9.93. The predicted molar refractivity (Wildman–Crippen MR) is 98.9 cm³/mol. The van der Waals surface area contributed by atoms with Crippen LogP contribution in [0.1, 0.15) is 26.7 Å². The van der Waals surface area contributed by atoms with Gasteiger partial charge < -0.3 is 10.1 Å². The first-order valence-electron chi connectivity index (χ1n) is 8.90. The molecule has 1 fully saturated rings. The molecule has 0 radical (unpaired) electrons. The highest BCUT2D eigenvalue weighted by Gasteiger charge is 2.49. The van der Waals surface area contributed by atoms with Crippen LogP contribution in [0.2, 0.25) is 0 Å². The summed E-state index contributed by atoms with van der Waals surface area (Å²) in [5, 5.41) is 11.5. The molecular weight excluding hydrogens is 364 g/mol. The number of amides is 4. The lowest BCUT2D eigenvalue weighted by molar-refractivity contribution is -0.150. The molecule has 0 bridgehead atoms. The van der Waals surface area contributed by atoms with Gasteiger partial charge in [0.1, 0.15) is 18.6 Å². The number of nitrogens with one attached hydrogen (secondary N) is 1. The van der Waals surface area contributed by atoms with E-state index in [1.54, 1.807) is 44.2 Å². The highest BCUT2D eigenvalue weighted by Crippen LogP contribution is 2.24. The molecule has 0 saturated carbocycles. The topological polar surface area (TPSA) is 120 Å². The van der Waals surface area contributed by atoms with Crippen LogP contribution in [0.15, 0.2) is 30.3 Å². The highest BCUT2D eigenvalue weighted by atomic mass is 16.5. The number of nitrogens with zero attached hydrogens (tertiary/aromatic N) is 3. The first-order valence-corrected chi connectivity index (χ1v) is 8.90. The molecule has 1 saturated heterocycles. The van der Waals surface area contributed by atoms with Gasteiger partial charge in [-0.3, -0.25) is 24.2 Å². The minimum absolute atomic E-state index is 0.205. The van der Waals surface area contributed by atoms with Crippen LogP contribution in [0.25, 0.3) is 0 Å². The van der Waals surface area contributed by atoms with E-state index in [1.165, 1.54) is 4.90 Å². The summed E-state index contributed by atoms with van der Waals surface area (Å²) in [6.07, 6.45) is 0.802. The third-order valence-electron chi connectivity index (χ3n) is 4.69. The van der Waals surface area contributed by atoms with Gasteiger partial charge in [-0.2, -0.15) is 5.26 Å². The third-order valence-corrected chi connectivity index (χ3v) is 4.69. The van der Waals surface area contributed by atoms with E-state index in [0.29, 0.717) is 18.5 Å². The zero-order valence-electron chi connectivity index (χ0n) is 15.8. The van der Waals surface area contributed by atoms with E-state index in [1.807, 2.05) is 6.07 Å². The van der Waals surface area contributed by atoms with Gasteiger partial charge >= 0.3 is 12.0 Å². The van der Waals surface area contributed by atoms with Crippen molar-refractivity contribution in [1.82, 2.24) is 10.2 Å². The first kappa shape index (κ1) is 20.9. The number of carbonyl (C=O) groups is 4. The van der Waals surface area contributed by atoms with Crippen molar-refractivity contribution < 1.29 is 23.9 Å². The monoisotopic (exact) mass is 386 g/mol. The van der Waals surface area contributed by atoms with Crippen LogP contribution in [0.3, 0.4) is 0 Å². The Kier molecular flexibility index (Phi) is 6.71. The fourth-order valence-corrected chi connectivity index (χ4v) is 2.95. The van der Waals surface area contributed by atoms with Crippen molar-refractivity contribution >= 4 is 29.5 Å². The number of ether oxygens (including phenoxy) is 1. The van der Waals surface area contributed by atoms with E-state index in [9.17, 15) is 19.2 Å². The van der Waals surface area contributed by atoms with Crippen LogP contribution in [0.4, 0.5) is 10.5 Å². The van der Waals surface area contributed by atoms with E-state index in [-0.39, 0.29) is 6.54 Å². The Hall–Kier alpha value is -3.41. The SMILES string of the molecule is CCC1(CC)NC(=O)N(CC(=O)OCC(=O)N(CC#N)c2ccccc2)C1=O. The summed E-state index contributed by atoms with van der Waals surface area (Å²) in [5.74, 6) is -1.96. The second-order valence-corrected chi connectivity index (χ2v) is 6.24. The van der Waals surface area contributed by atoms with E-state index >= 15 is 0 Å². The molecule has 2 rings (SSSR count). The lowest BCUT2D eigenvalue weighted by Gasteiger charge is -2.23. The number of nitriles is 1. The van der Waals surface area contributed by atoms with Crippen LogP contribution in [-0.4, -0.2) is 54.0 Å². The fourth-order valence-electron chi connectivity index (χ4n) is 2.95. The fraction of sp³-hybridized carbons (Fsp3) is 0.421. The highest BCUT2D eigenvalue weighted by molar-refractivity contribution is 6.08. The van der Waals surface area contributed by atoms with Crippen LogP contribution >= 0.6 is 0 Å². The summed E-state index contributed by atoms with van der Waals surface area (Å²) in [6, 6.07) is 9.72. The third kappa shape index (κ3) is 4.28. The normalized spacial score (nSPS) is 15.0. The zero-order chi connectivity index (χ0) is 20.7. The number of hydrogen-bond acceptors (Lipinski definition) is 6. The van der Waals surface area contributed by atoms with Gasteiger partial charge in [-0.1, -0.05) is 32.0 Å². The Balaban J connectivity index is 1.96. The predicted octanol–water partition coefficient (Wildman–Crippen LogP) is 1.20. The standard InChI is InChI=1S/C19H22N4O5/c1-3-19(4-2)17(26)23(18(27)21-19)12-16(25)28-13-15(24)22(11-10-20)14-8-6-5-7-9-14/h5-9H,3-4,11-13H2,1-2H3,(H,21,27). The molecule has 0 aromatic heterocycles. The van der Waals surface area contributed by atoms with Crippen molar-refractivity contribution in [1.29, 1.82) is 5.26 Å². The summed E-state index contributed by atoms with van der Waals surface area (Å²) < 4.78 is 4.93. The second-order valence-electron chi connectivity index (χ2n) is 6.24. The van der Waals surface area contributed by atoms with Gasteiger partial charge in [-0.05, 0) is 25.0 Å². The van der Waals surface area contributed by atoms with Gasteiger partial charge in [0.2, 0.25) is 0 Å². The van der Waals surface area contributed by atoms with Gasteiger partial charge in [0.25, 0.3) is 11.8 Å². The number of urea groups is 1. The molecule has 1 N–H and O–H groups in total. The van der Waals surface area contributed by atoms with Crippen molar-refractivity contribution in [2.45, 2.75) is 32.2 Å². The maximum atomic E-state index is 12.5. The van der Waals surface area contributed by atoms with Crippen molar-refractivity contribution in [3.8, 4) is 6.07 Å². The molecule has 0 aliphatic carbocycles. The number of carbonyl (C=O) groups excluding carboxylic acids is 4. The molecule has 1 heterocycles. The Labute approximate surface area is 162 Å². The Morgan fingerprint density at radius 3 is 2.39 bits per heavy atom. The molecule has 0 atom stereocenters. The maximum absolute atomic E-state index is 12.5. The molecule has 1 aromatic rings. The summed E-state index contributed by atoms with van der Waals surface area (Å²) in [5.41, 5.74) is -0.515. The number of esters is 1. The van der Waals surface area contributed by atoms with Gasteiger partial charge in [-0.25, -0.2) is 4.79 Å². The van der Waals surface area contributed by atoms with Crippen molar-refractivity contribution in [2.24, 2.45) is 0 Å². The molecule has 0 unspecified atom stereocenters. The number of benzene rings is 1. The second kappa shape index (κ2) is 8.99. The Bertz CT molecular complexity index is 798. The Morgan fingerprint density at radius 1 is 1.21 bits per heavy atom. The summed E-state index contributed by atoms with van der Waals surface area (Å²) >= 11 is 0. The van der Waals surface area contributed by atoms with Crippen LogP contribution < -0.4 is 10.2 Å². The quantitative estimate of drug-likeness (QED) is 0.407. The molecule has 148 valence electrons. The van der Waals surface area contributed by atoms with Crippen LogP contribution in [0.5, 0.6) is 0 Å². The molecule has 9 nitrogen and oxygen atoms in total. The summed E-state index contributed by atoms with van der Waals surface area (Å²) in [4.78, 5) is 50.9. The number of anilines is 1. The lowest BCUT2D eigenvalue weighted by Crippen LogP contribution is -2.46. The molecular formula is C19H22N4O5. The van der Waals surface area contributed by atoms with Crippen molar-refractivity contribution in [3.63, 3.8) is 0 Å². The van der Waals surface area contributed by atoms with Crippen LogP contribution in [0, 0.1) is 11.3 Å². The molecule has 0 spiro atoms. The minimum Gasteiger partial charge on any atom is -0.454 e. The van der Waals surface area contributed by atoms with E-state index in [2.05, 4.69) is 5.32 Å². The summed E-state index contributed by atoms with van der Waals surface area (Å²) in [7, 11) is 0. The Morgan fingerprint density at radius 2 is 1.86 bits per heavy atom. The summed E-state index contributed by atoms with van der Waals surface area (Å²) in [6.45, 7) is 2.16. The first-order chi connectivity index (χ1) is 13.4. The van der Waals surface area contributed by atoms with Gasteiger partial charge in [-0.15, -0.1) is 0 Å². The molecule has 1 aliphatic rings. The molecule has 1 aliphatic heterocycles. The number of para-hydroxylation sites is 1. The van der Waals surface area contributed by atoms with E-state index in [4.69, 9.17) is 10.00 Å². The van der Waals surface area contributed by atoms with Crippen LogP contribution in [-0.2, 0) is 19.1 Å². The van der Waals surface area contributed by atoms with Gasteiger partial charge in [0, 0.05) is 5.69 Å². The minimum atomic E-state index is -1.01. The number of hydrogen-bond donors (Lipinski definition) is 1. The molecule has 4 amide bonds. The largest absolute Gasteiger partial charge is 0.454 e. The van der Waals surface area contributed by atoms with Crippen molar-refractivity contribution in [2.75, 3.05) is 24.6 Å². The molecule has 28 heavy (non-hydrogen) atoms. The van der Waals surface area contributed by atoms with E-state index < -0.39 is 42.5 Å². The average molecular weight is 386 g/mol. The van der Waals surface area contributed by atoms with E-state index in [0.717, 1.165) is 4.90 Å². The maximum Gasteiger partial charge on any atom is 0.326 e. The zero-order valence-corrected chi connectivity index (χ0v) is 15.8. The van der Waals surface area contributed by atoms with Crippen molar-refractivity contribution in [3.05, 3.63) is 30.3 Å². The number of rotatable bonds is 8. The van der Waals surface area contributed by atoms with Gasteiger partial charge in [0.15, 0.2) is 6.61 Å². The van der Waals surface area contributed by atoms with Gasteiger partial charge in [0.05, 0.1) is 6.07 Å². The number of imide groups is 1. The average Bonchev–Trinajstić information content (AvgIpc) is 2.95.